The molecule has 1 amide bonds. The summed E-state index contributed by atoms with van der Waals surface area (Å²) in [4.78, 5) is 24.2. The highest BCUT2D eigenvalue weighted by Gasteiger charge is 2.14. The number of rotatable bonds is 3. The Kier molecular flexibility index (Phi) is 3.22. The lowest BCUT2D eigenvalue weighted by Crippen LogP contribution is -2.12. The SMILES string of the molecule is NC(=O)c1cccnc1-c1nc(-c2cccnc2)cs1. The van der Waals surface area contributed by atoms with Crippen molar-refractivity contribution in [1.82, 2.24) is 15.0 Å². The van der Waals surface area contributed by atoms with E-state index in [-0.39, 0.29) is 0 Å². The minimum absolute atomic E-state index is 0.375. The molecule has 3 aromatic rings. The first-order chi connectivity index (χ1) is 9.75. The van der Waals surface area contributed by atoms with Gasteiger partial charge in [-0.15, -0.1) is 11.3 Å². The number of amides is 1. The molecule has 3 rings (SSSR count). The van der Waals surface area contributed by atoms with Gasteiger partial charge in [0.1, 0.15) is 10.7 Å². The summed E-state index contributed by atoms with van der Waals surface area (Å²) in [6.07, 6.45) is 5.07. The molecule has 3 aromatic heterocycles. The Morgan fingerprint density at radius 1 is 1.20 bits per heavy atom. The zero-order chi connectivity index (χ0) is 13.9. The van der Waals surface area contributed by atoms with Crippen molar-refractivity contribution >= 4 is 17.2 Å². The highest BCUT2D eigenvalue weighted by Crippen LogP contribution is 2.29. The van der Waals surface area contributed by atoms with Crippen LogP contribution >= 0.6 is 11.3 Å². The summed E-state index contributed by atoms with van der Waals surface area (Å²) in [7, 11) is 0. The third-order valence-corrected chi connectivity index (χ3v) is 3.59. The second kappa shape index (κ2) is 5.18. The number of carbonyl (C=O) groups is 1. The van der Waals surface area contributed by atoms with Gasteiger partial charge in [0.05, 0.1) is 11.3 Å². The van der Waals surface area contributed by atoms with Crippen molar-refractivity contribution in [2.75, 3.05) is 0 Å². The molecule has 0 aliphatic heterocycles. The summed E-state index contributed by atoms with van der Waals surface area (Å²) >= 11 is 1.42. The van der Waals surface area contributed by atoms with Gasteiger partial charge in [-0.1, -0.05) is 0 Å². The van der Waals surface area contributed by atoms with Crippen LogP contribution in [0.5, 0.6) is 0 Å². The summed E-state index contributed by atoms with van der Waals surface area (Å²) in [5.41, 5.74) is 7.97. The molecule has 0 atom stereocenters. The first kappa shape index (κ1) is 12.4. The average Bonchev–Trinajstić information content (AvgIpc) is 2.98. The van der Waals surface area contributed by atoms with Crippen LogP contribution in [0.2, 0.25) is 0 Å². The molecule has 20 heavy (non-hydrogen) atoms. The summed E-state index contributed by atoms with van der Waals surface area (Å²) < 4.78 is 0. The first-order valence-electron chi connectivity index (χ1n) is 5.87. The fraction of sp³-hybridized carbons (Fsp3) is 0. The minimum Gasteiger partial charge on any atom is -0.366 e. The van der Waals surface area contributed by atoms with E-state index in [9.17, 15) is 4.79 Å². The van der Waals surface area contributed by atoms with E-state index in [0.717, 1.165) is 11.3 Å². The normalized spacial score (nSPS) is 10.4. The Balaban J connectivity index is 2.05. The molecule has 0 spiro atoms. The van der Waals surface area contributed by atoms with Crippen LogP contribution in [0.15, 0.2) is 48.2 Å². The molecule has 0 saturated heterocycles. The fourth-order valence-electron chi connectivity index (χ4n) is 1.80. The Labute approximate surface area is 119 Å². The van der Waals surface area contributed by atoms with Crippen molar-refractivity contribution in [3.63, 3.8) is 0 Å². The molecule has 0 aromatic carbocycles. The molecular formula is C14H10N4OS. The number of nitrogens with zero attached hydrogens (tertiary/aromatic N) is 3. The molecule has 3 heterocycles. The van der Waals surface area contributed by atoms with Gasteiger partial charge in [0.2, 0.25) is 0 Å². The van der Waals surface area contributed by atoms with Crippen LogP contribution in [0.3, 0.4) is 0 Å². The maximum absolute atomic E-state index is 11.4. The number of pyridine rings is 2. The van der Waals surface area contributed by atoms with Gasteiger partial charge >= 0.3 is 0 Å². The number of aromatic nitrogens is 3. The third-order valence-electron chi connectivity index (χ3n) is 2.74. The van der Waals surface area contributed by atoms with Crippen molar-refractivity contribution in [2.24, 2.45) is 5.73 Å². The van der Waals surface area contributed by atoms with Crippen molar-refractivity contribution in [3.8, 4) is 22.0 Å². The van der Waals surface area contributed by atoms with E-state index in [1.807, 2.05) is 17.5 Å². The molecule has 6 heteroatoms. The molecule has 5 nitrogen and oxygen atoms in total. The summed E-state index contributed by atoms with van der Waals surface area (Å²) in [5.74, 6) is -0.508. The van der Waals surface area contributed by atoms with E-state index in [1.54, 1.807) is 30.7 Å². The minimum atomic E-state index is -0.508. The van der Waals surface area contributed by atoms with Crippen LogP contribution in [-0.4, -0.2) is 20.9 Å². The van der Waals surface area contributed by atoms with Crippen LogP contribution in [-0.2, 0) is 0 Å². The lowest BCUT2D eigenvalue weighted by Gasteiger charge is -2.01. The number of primary amides is 1. The number of thiazole rings is 1. The van der Waals surface area contributed by atoms with Crippen LogP contribution in [0.25, 0.3) is 22.0 Å². The fourth-order valence-corrected chi connectivity index (χ4v) is 2.64. The van der Waals surface area contributed by atoms with E-state index >= 15 is 0 Å². The molecule has 0 unspecified atom stereocenters. The molecule has 0 aliphatic rings. The molecule has 0 bridgehead atoms. The Bertz CT molecular complexity index is 755. The van der Waals surface area contributed by atoms with Crippen molar-refractivity contribution in [2.45, 2.75) is 0 Å². The predicted octanol–water partition coefficient (Wildman–Crippen LogP) is 2.37. The van der Waals surface area contributed by atoms with E-state index < -0.39 is 5.91 Å². The van der Waals surface area contributed by atoms with Gasteiger partial charge in [0.15, 0.2) is 0 Å². The summed E-state index contributed by atoms with van der Waals surface area (Å²) in [5, 5.41) is 2.57. The Morgan fingerprint density at radius 2 is 2.05 bits per heavy atom. The zero-order valence-corrected chi connectivity index (χ0v) is 11.2. The average molecular weight is 282 g/mol. The van der Waals surface area contributed by atoms with Crippen molar-refractivity contribution in [3.05, 3.63) is 53.8 Å². The highest BCUT2D eigenvalue weighted by atomic mass is 32.1. The second-order valence-electron chi connectivity index (χ2n) is 4.04. The number of nitrogens with two attached hydrogens (primary N) is 1. The van der Waals surface area contributed by atoms with Crippen molar-refractivity contribution < 1.29 is 4.79 Å². The third kappa shape index (κ3) is 2.28. The van der Waals surface area contributed by atoms with Gasteiger partial charge in [0, 0.05) is 29.5 Å². The first-order valence-corrected chi connectivity index (χ1v) is 6.75. The van der Waals surface area contributed by atoms with Crippen LogP contribution in [0.4, 0.5) is 0 Å². The Morgan fingerprint density at radius 3 is 2.80 bits per heavy atom. The monoisotopic (exact) mass is 282 g/mol. The lowest BCUT2D eigenvalue weighted by molar-refractivity contribution is 0.100. The van der Waals surface area contributed by atoms with Crippen LogP contribution in [0.1, 0.15) is 10.4 Å². The number of hydrogen-bond donors (Lipinski definition) is 1. The Hall–Kier alpha value is -2.60. The van der Waals surface area contributed by atoms with Gasteiger partial charge in [-0.2, -0.15) is 0 Å². The molecule has 2 N–H and O–H groups in total. The number of carbonyl (C=O) groups excluding carboxylic acids is 1. The lowest BCUT2D eigenvalue weighted by atomic mass is 10.2. The highest BCUT2D eigenvalue weighted by molar-refractivity contribution is 7.13. The molecule has 0 fully saturated rings. The predicted molar refractivity (Wildman–Crippen MR) is 77.1 cm³/mol. The van der Waals surface area contributed by atoms with Gasteiger partial charge in [-0.3, -0.25) is 14.8 Å². The second-order valence-corrected chi connectivity index (χ2v) is 4.90. The standard InChI is InChI=1S/C14H10N4OS/c15-13(19)10-4-2-6-17-12(10)14-18-11(8-20-14)9-3-1-5-16-7-9/h1-8H,(H2,15,19). The van der Waals surface area contributed by atoms with Crippen molar-refractivity contribution in [1.29, 1.82) is 0 Å². The number of hydrogen-bond acceptors (Lipinski definition) is 5. The van der Waals surface area contributed by atoms with Gasteiger partial charge in [-0.25, -0.2) is 4.98 Å². The molecule has 0 saturated carbocycles. The topological polar surface area (TPSA) is 81.8 Å². The summed E-state index contributed by atoms with van der Waals surface area (Å²) in [6.45, 7) is 0. The maximum Gasteiger partial charge on any atom is 0.251 e. The van der Waals surface area contributed by atoms with Gasteiger partial charge < -0.3 is 5.73 Å². The molecule has 0 aliphatic carbocycles. The maximum atomic E-state index is 11.4. The zero-order valence-electron chi connectivity index (χ0n) is 10.4. The van der Waals surface area contributed by atoms with E-state index in [2.05, 4.69) is 15.0 Å². The molecular weight excluding hydrogens is 272 g/mol. The van der Waals surface area contributed by atoms with Crippen LogP contribution < -0.4 is 5.73 Å². The van der Waals surface area contributed by atoms with E-state index in [1.165, 1.54) is 11.3 Å². The molecule has 98 valence electrons. The van der Waals surface area contributed by atoms with E-state index in [0.29, 0.717) is 16.3 Å². The molecule has 0 radical (unpaired) electrons. The van der Waals surface area contributed by atoms with Gasteiger partial charge in [-0.05, 0) is 24.3 Å². The largest absolute Gasteiger partial charge is 0.366 e. The van der Waals surface area contributed by atoms with Crippen LogP contribution in [0, 0.1) is 0 Å². The smallest absolute Gasteiger partial charge is 0.251 e. The van der Waals surface area contributed by atoms with Gasteiger partial charge in [0.25, 0.3) is 5.91 Å². The quantitative estimate of drug-likeness (QED) is 0.799. The summed E-state index contributed by atoms with van der Waals surface area (Å²) in [6, 6.07) is 7.11. The van der Waals surface area contributed by atoms with E-state index in [4.69, 9.17) is 5.73 Å².